The fraction of sp³-hybridized carbons (Fsp3) is 0.462. The number of rotatable bonds is 5. The van der Waals surface area contributed by atoms with Crippen molar-refractivity contribution in [3.8, 4) is 0 Å². The summed E-state index contributed by atoms with van der Waals surface area (Å²) in [5, 5.41) is 2.91. The fourth-order valence-corrected chi connectivity index (χ4v) is 2.00. The van der Waals surface area contributed by atoms with Crippen molar-refractivity contribution in [2.75, 3.05) is 19.7 Å². The monoisotopic (exact) mass is 263 g/mol. The predicted octanol–water partition coefficient (Wildman–Crippen LogP) is 1.10. The molecule has 0 aliphatic carbocycles. The molecule has 6 nitrogen and oxygen atoms in total. The van der Waals surface area contributed by atoms with Gasteiger partial charge in [0.1, 0.15) is 13.2 Å². The fourth-order valence-electron chi connectivity index (χ4n) is 2.00. The van der Waals surface area contributed by atoms with Crippen LogP contribution in [0.4, 0.5) is 4.79 Å². The molecule has 2 rings (SSSR count). The number of nitrogens with one attached hydrogen (secondary N) is 1. The van der Waals surface area contributed by atoms with Crippen molar-refractivity contribution in [2.45, 2.75) is 19.4 Å². The zero-order valence-corrected chi connectivity index (χ0v) is 10.8. The molecule has 1 atom stereocenters. The van der Waals surface area contributed by atoms with Crippen LogP contribution in [0, 0.1) is 0 Å². The quantitative estimate of drug-likeness (QED) is 0.863. The highest BCUT2D eigenvalue weighted by molar-refractivity contribution is 5.83. The Balaban J connectivity index is 1.91. The number of ether oxygens (including phenoxy) is 1. The Morgan fingerprint density at radius 2 is 2.26 bits per heavy atom. The average molecular weight is 263 g/mol. The number of nitrogens with zero attached hydrogens (tertiary/aromatic N) is 2. The number of carbonyl (C=O) groups is 2. The van der Waals surface area contributed by atoms with Crippen LogP contribution in [-0.4, -0.2) is 41.6 Å². The molecule has 0 spiro atoms. The Morgan fingerprint density at radius 1 is 1.53 bits per heavy atom. The van der Waals surface area contributed by atoms with Crippen LogP contribution in [0.25, 0.3) is 0 Å². The summed E-state index contributed by atoms with van der Waals surface area (Å²) in [6.07, 6.45) is 3.75. The van der Waals surface area contributed by atoms with Crippen molar-refractivity contribution < 1.29 is 14.3 Å². The lowest BCUT2D eigenvalue weighted by Gasteiger charge is -2.19. The van der Waals surface area contributed by atoms with Gasteiger partial charge in [0, 0.05) is 12.4 Å². The van der Waals surface area contributed by atoms with Gasteiger partial charge in [0.05, 0.1) is 12.6 Å². The van der Waals surface area contributed by atoms with E-state index in [1.165, 1.54) is 4.90 Å². The van der Waals surface area contributed by atoms with Gasteiger partial charge >= 0.3 is 6.09 Å². The van der Waals surface area contributed by atoms with Gasteiger partial charge in [-0.05, 0) is 24.1 Å². The maximum Gasteiger partial charge on any atom is 0.410 e. The van der Waals surface area contributed by atoms with Crippen LogP contribution in [0.3, 0.4) is 0 Å². The van der Waals surface area contributed by atoms with E-state index in [4.69, 9.17) is 4.74 Å². The van der Waals surface area contributed by atoms with Crippen LogP contribution < -0.4 is 5.32 Å². The largest absolute Gasteiger partial charge is 0.448 e. The summed E-state index contributed by atoms with van der Waals surface area (Å²) in [6, 6.07) is 3.69. The third-order valence-electron chi connectivity index (χ3n) is 3.03. The van der Waals surface area contributed by atoms with Gasteiger partial charge in [-0.15, -0.1) is 0 Å². The highest BCUT2D eigenvalue weighted by atomic mass is 16.6. The molecule has 1 aliphatic rings. The minimum atomic E-state index is -0.424. The maximum atomic E-state index is 11.9. The summed E-state index contributed by atoms with van der Waals surface area (Å²) in [5.41, 5.74) is 1.01. The molecule has 102 valence electrons. The summed E-state index contributed by atoms with van der Waals surface area (Å²) >= 11 is 0. The molecule has 2 heterocycles. The normalized spacial score (nSPS) is 16.1. The second kappa shape index (κ2) is 6.17. The van der Waals surface area contributed by atoms with Crippen molar-refractivity contribution in [1.29, 1.82) is 0 Å². The lowest BCUT2D eigenvalue weighted by Crippen LogP contribution is -2.39. The van der Waals surface area contributed by atoms with Crippen molar-refractivity contribution in [2.24, 2.45) is 0 Å². The Morgan fingerprint density at radius 3 is 2.84 bits per heavy atom. The zero-order chi connectivity index (χ0) is 13.7. The maximum absolute atomic E-state index is 11.9. The zero-order valence-electron chi connectivity index (χ0n) is 10.8. The number of amides is 2. The van der Waals surface area contributed by atoms with E-state index in [9.17, 15) is 9.59 Å². The van der Waals surface area contributed by atoms with Crippen molar-refractivity contribution in [3.05, 3.63) is 30.1 Å². The lowest BCUT2D eigenvalue weighted by atomic mass is 10.1. The second-order valence-electron chi connectivity index (χ2n) is 4.34. The molecule has 2 amide bonds. The summed E-state index contributed by atoms with van der Waals surface area (Å²) in [4.78, 5) is 28.5. The molecular formula is C13H17N3O3. The molecular weight excluding hydrogens is 246 g/mol. The van der Waals surface area contributed by atoms with E-state index in [1.54, 1.807) is 12.4 Å². The molecule has 0 bridgehead atoms. The van der Waals surface area contributed by atoms with Crippen LogP contribution in [0.15, 0.2) is 24.5 Å². The lowest BCUT2D eigenvalue weighted by molar-refractivity contribution is -0.122. The van der Waals surface area contributed by atoms with E-state index < -0.39 is 6.09 Å². The Hall–Kier alpha value is -2.11. The third-order valence-corrected chi connectivity index (χ3v) is 3.03. The van der Waals surface area contributed by atoms with E-state index >= 15 is 0 Å². The van der Waals surface area contributed by atoms with E-state index in [-0.39, 0.29) is 18.5 Å². The van der Waals surface area contributed by atoms with Crippen LogP contribution in [0.5, 0.6) is 0 Å². The molecule has 6 heteroatoms. The molecule has 1 aliphatic heterocycles. The van der Waals surface area contributed by atoms with Gasteiger partial charge in [0.25, 0.3) is 0 Å². The first-order valence-electron chi connectivity index (χ1n) is 6.31. The average Bonchev–Trinajstić information content (AvgIpc) is 2.82. The van der Waals surface area contributed by atoms with Gasteiger partial charge in [-0.25, -0.2) is 4.79 Å². The minimum absolute atomic E-state index is 0.0421. The van der Waals surface area contributed by atoms with Crippen LogP contribution in [0.2, 0.25) is 0 Å². The number of hydrogen-bond donors (Lipinski definition) is 1. The first-order chi connectivity index (χ1) is 9.20. The Bertz CT molecular complexity index is 450. The smallest absolute Gasteiger partial charge is 0.410 e. The standard InChI is InChI=1S/C13H17N3O3/c1-2-11(10-3-5-14-6-4-10)15-12(17)9-16-7-8-19-13(16)18/h3-6,11H,2,7-9H2,1H3,(H,15,17)/t11-/m1/s1. The first kappa shape index (κ1) is 13.3. The van der Waals surface area contributed by atoms with Crippen molar-refractivity contribution >= 4 is 12.0 Å². The molecule has 1 fully saturated rings. The van der Waals surface area contributed by atoms with Gasteiger partial charge in [0.2, 0.25) is 5.91 Å². The number of aromatic nitrogens is 1. The van der Waals surface area contributed by atoms with E-state index in [0.717, 1.165) is 12.0 Å². The van der Waals surface area contributed by atoms with Gasteiger partial charge in [-0.3, -0.25) is 14.7 Å². The molecule has 1 saturated heterocycles. The minimum Gasteiger partial charge on any atom is -0.448 e. The molecule has 1 aromatic rings. The molecule has 0 saturated carbocycles. The summed E-state index contributed by atoms with van der Waals surface area (Å²) in [7, 11) is 0. The van der Waals surface area contributed by atoms with E-state index in [0.29, 0.717) is 13.2 Å². The highest BCUT2D eigenvalue weighted by Gasteiger charge is 2.24. The highest BCUT2D eigenvalue weighted by Crippen LogP contribution is 2.15. The van der Waals surface area contributed by atoms with Gasteiger partial charge in [-0.1, -0.05) is 6.92 Å². The summed E-state index contributed by atoms with van der Waals surface area (Å²) in [5.74, 6) is -0.178. The Kier molecular flexibility index (Phi) is 4.33. The molecule has 1 aromatic heterocycles. The topological polar surface area (TPSA) is 71.5 Å². The summed E-state index contributed by atoms with van der Waals surface area (Å²) in [6.45, 7) is 2.86. The van der Waals surface area contributed by atoms with Crippen LogP contribution >= 0.6 is 0 Å². The second-order valence-corrected chi connectivity index (χ2v) is 4.34. The van der Waals surface area contributed by atoms with Crippen LogP contribution in [0.1, 0.15) is 24.9 Å². The molecule has 0 unspecified atom stereocenters. The molecule has 19 heavy (non-hydrogen) atoms. The van der Waals surface area contributed by atoms with Gasteiger partial charge in [-0.2, -0.15) is 0 Å². The van der Waals surface area contributed by atoms with Crippen LogP contribution in [-0.2, 0) is 9.53 Å². The number of hydrogen-bond acceptors (Lipinski definition) is 4. The molecule has 0 radical (unpaired) electrons. The first-order valence-corrected chi connectivity index (χ1v) is 6.31. The number of cyclic esters (lactones) is 1. The van der Waals surface area contributed by atoms with Crippen molar-refractivity contribution in [3.63, 3.8) is 0 Å². The number of carbonyl (C=O) groups excluding carboxylic acids is 2. The van der Waals surface area contributed by atoms with Gasteiger partial charge in [0.15, 0.2) is 0 Å². The molecule has 0 aromatic carbocycles. The SMILES string of the molecule is CC[C@@H](NC(=O)CN1CCOC1=O)c1ccncc1. The van der Waals surface area contributed by atoms with E-state index in [1.807, 2.05) is 19.1 Å². The number of pyridine rings is 1. The van der Waals surface area contributed by atoms with E-state index in [2.05, 4.69) is 10.3 Å². The molecule has 1 N–H and O–H groups in total. The predicted molar refractivity (Wildman–Crippen MR) is 68.3 cm³/mol. The third kappa shape index (κ3) is 3.43. The van der Waals surface area contributed by atoms with Crippen molar-refractivity contribution in [1.82, 2.24) is 15.2 Å². The van der Waals surface area contributed by atoms with Gasteiger partial charge < -0.3 is 10.1 Å². The Labute approximate surface area is 111 Å². The summed E-state index contributed by atoms with van der Waals surface area (Å²) < 4.78 is 4.78.